The predicted molar refractivity (Wildman–Crippen MR) is 82.3 cm³/mol. The maximum Gasteiger partial charge on any atom is 0.338 e. The van der Waals surface area contributed by atoms with Crippen molar-refractivity contribution in [2.24, 2.45) is 0 Å². The van der Waals surface area contributed by atoms with Gasteiger partial charge in [0.15, 0.2) is 11.5 Å². The van der Waals surface area contributed by atoms with Gasteiger partial charge < -0.3 is 13.9 Å². The van der Waals surface area contributed by atoms with Crippen molar-refractivity contribution in [3.05, 3.63) is 29.5 Å². The molecule has 0 amide bonds. The summed E-state index contributed by atoms with van der Waals surface area (Å²) in [6.07, 6.45) is 0. The number of ether oxygens (including phenoxy) is 2. The number of fused-ring (bicyclic) bond motifs is 1. The van der Waals surface area contributed by atoms with Crippen LogP contribution in [0.15, 0.2) is 22.6 Å². The Hall–Kier alpha value is -2.30. The van der Waals surface area contributed by atoms with Crippen molar-refractivity contribution in [3.8, 4) is 5.75 Å². The Balaban J connectivity index is 2.32. The highest BCUT2D eigenvalue weighted by molar-refractivity contribution is 5.96. The van der Waals surface area contributed by atoms with Gasteiger partial charge in [-0.3, -0.25) is 4.79 Å². The molecule has 0 atom stereocenters. The number of aryl methyl sites for hydroxylation is 1. The summed E-state index contributed by atoms with van der Waals surface area (Å²) in [7, 11) is 0. The molecule has 0 N–H and O–H groups in total. The normalized spacial score (nSPS) is 11.5. The zero-order valence-electron chi connectivity index (χ0n) is 13.5. The molecule has 1 aromatic carbocycles. The van der Waals surface area contributed by atoms with Crippen LogP contribution in [0.3, 0.4) is 0 Å². The molecular formula is C17H20O5. The van der Waals surface area contributed by atoms with Crippen LogP contribution in [0.2, 0.25) is 0 Å². The van der Waals surface area contributed by atoms with Crippen LogP contribution in [0.1, 0.15) is 43.8 Å². The Morgan fingerprint density at radius 2 is 1.91 bits per heavy atom. The molecule has 0 aliphatic rings. The molecular weight excluding hydrogens is 284 g/mol. The molecule has 0 unspecified atom stereocenters. The van der Waals surface area contributed by atoms with Gasteiger partial charge in [-0.15, -0.1) is 0 Å². The Labute approximate surface area is 129 Å². The maximum absolute atomic E-state index is 12.1. The topological polar surface area (TPSA) is 65.7 Å². The fourth-order valence-electron chi connectivity index (χ4n) is 2.01. The molecule has 0 radical (unpaired) electrons. The van der Waals surface area contributed by atoms with Crippen LogP contribution in [0.4, 0.5) is 0 Å². The van der Waals surface area contributed by atoms with Crippen LogP contribution in [0, 0.1) is 6.92 Å². The minimum Gasteiger partial charge on any atom is -0.482 e. The molecule has 1 aromatic heterocycles. The highest BCUT2D eigenvalue weighted by Crippen LogP contribution is 2.33. The van der Waals surface area contributed by atoms with Gasteiger partial charge in [-0.25, -0.2) is 4.79 Å². The van der Waals surface area contributed by atoms with E-state index in [1.807, 2.05) is 20.8 Å². The molecule has 0 bridgehead atoms. The van der Waals surface area contributed by atoms with Crippen molar-refractivity contribution in [1.29, 1.82) is 0 Å². The average Bonchev–Trinajstić information content (AvgIpc) is 2.68. The van der Waals surface area contributed by atoms with Gasteiger partial charge in [-0.05, 0) is 52.8 Å². The lowest BCUT2D eigenvalue weighted by molar-refractivity contribution is -0.118. The monoisotopic (exact) mass is 304 g/mol. The van der Waals surface area contributed by atoms with Gasteiger partial charge in [-0.1, -0.05) is 0 Å². The van der Waals surface area contributed by atoms with Crippen LogP contribution < -0.4 is 4.74 Å². The summed E-state index contributed by atoms with van der Waals surface area (Å²) in [6.45, 7) is 8.64. The molecule has 0 saturated heterocycles. The molecule has 22 heavy (non-hydrogen) atoms. The van der Waals surface area contributed by atoms with Gasteiger partial charge in [0.25, 0.3) is 0 Å². The van der Waals surface area contributed by atoms with E-state index >= 15 is 0 Å². The predicted octanol–water partition coefficient (Wildman–Crippen LogP) is 3.66. The highest BCUT2D eigenvalue weighted by Gasteiger charge is 2.20. The first-order valence-corrected chi connectivity index (χ1v) is 7.06. The first-order chi connectivity index (χ1) is 10.2. The summed E-state index contributed by atoms with van der Waals surface area (Å²) < 4.78 is 16.4. The minimum absolute atomic E-state index is 0.0106. The van der Waals surface area contributed by atoms with E-state index in [0.717, 1.165) is 5.39 Å². The summed E-state index contributed by atoms with van der Waals surface area (Å²) >= 11 is 0. The quantitative estimate of drug-likeness (QED) is 0.806. The number of furan rings is 1. The Morgan fingerprint density at radius 3 is 2.50 bits per heavy atom. The molecule has 118 valence electrons. The zero-order valence-corrected chi connectivity index (χ0v) is 13.5. The Bertz CT molecular complexity index is 718. The van der Waals surface area contributed by atoms with Gasteiger partial charge in [0.2, 0.25) is 0 Å². The summed E-state index contributed by atoms with van der Waals surface area (Å²) in [4.78, 5) is 23.1. The molecule has 2 rings (SSSR count). The van der Waals surface area contributed by atoms with Crippen molar-refractivity contribution in [3.63, 3.8) is 0 Å². The van der Waals surface area contributed by atoms with E-state index in [1.54, 1.807) is 25.1 Å². The molecule has 1 heterocycles. The third kappa shape index (κ3) is 3.67. The van der Waals surface area contributed by atoms with Crippen molar-refractivity contribution in [1.82, 2.24) is 0 Å². The smallest absolute Gasteiger partial charge is 0.338 e. The van der Waals surface area contributed by atoms with Gasteiger partial charge in [0, 0.05) is 0 Å². The summed E-state index contributed by atoms with van der Waals surface area (Å²) in [6, 6.07) is 5.02. The third-order valence-electron chi connectivity index (χ3n) is 2.86. The molecule has 5 nitrogen and oxygen atoms in total. The lowest BCUT2D eigenvalue weighted by Crippen LogP contribution is -2.23. The zero-order chi connectivity index (χ0) is 16.5. The van der Waals surface area contributed by atoms with Crippen molar-refractivity contribution < 1.29 is 23.5 Å². The molecule has 2 aromatic rings. The van der Waals surface area contributed by atoms with Crippen molar-refractivity contribution in [2.45, 2.75) is 40.2 Å². The number of Topliss-reactive ketones (excluding diaryl/α,β-unsaturated/α-hetero) is 1. The van der Waals surface area contributed by atoms with Crippen LogP contribution in [-0.4, -0.2) is 24.0 Å². The third-order valence-corrected chi connectivity index (χ3v) is 2.86. The summed E-state index contributed by atoms with van der Waals surface area (Å²) in [5, 5.41) is 0.728. The average molecular weight is 304 g/mol. The number of hydrogen-bond acceptors (Lipinski definition) is 5. The lowest BCUT2D eigenvalue weighted by Gasteiger charge is -2.19. The van der Waals surface area contributed by atoms with E-state index in [4.69, 9.17) is 13.9 Å². The number of rotatable bonds is 4. The minimum atomic E-state index is -0.555. The second-order valence-electron chi connectivity index (χ2n) is 6.19. The Kier molecular flexibility index (Phi) is 4.26. The van der Waals surface area contributed by atoms with E-state index in [2.05, 4.69) is 0 Å². The van der Waals surface area contributed by atoms with Crippen LogP contribution in [0.5, 0.6) is 5.75 Å². The van der Waals surface area contributed by atoms with E-state index < -0.39 is 11.6 Å². The van der Waals surface area contributed by atoms with Gasteiger partial charge in [-0.2, -0.15) is 0 Å². The number of carbonyl (C=O) groups excluding carboxylic acids is 2. The number of benzene rings is 1. The molecule has 0 spiro atoms. The number of ketones is 1. The first kappa shape index (κ1) is 16.1. The van der Waals surface area contributed by atoms with Crippen LogP contribution in [0.25, 0.3) is 11.0 Å². The summed E-state index contributed by atoms with van der Waals surface area (Å²) in [5.74, 6) is 0.618. The number of esters is 1. The highest BCUT2D eigenvalue weighted by atomic mass is 16.6. The molecule has 0 aliphatic carbocycles. The largest absolute Gasteiger partial charge is 0.482 e. The molecule has 5 heteroatoms. The summed E-state index contributed by atoms with van der Waals surface area (Å²) in [5.41, 5.74) is 0.384. The molecule has 0 fully saturated rings. The first-order valence-electron chi connectivity index (χ1n) is 7.06. The van der Waals surface area contributed by atoms with E-state index in [9.17, 15) is 9.59 Å². The SMILES string of the molecule is CC(=O)COc1c(C)oc2cc(C(=O)OC(C)(C)C)ccc12. The standard InChI is InChI=1S/C17H20O5/c1-10(18)9-20-15-11(2)21-14-8-12(6-7-13(14)15)16(19)22-17(3,4)5/h6-8H,9H2,1-5H3. The van der Waals surface area contributed by atoms with Crippen molar-refractivity contribution >= 4 is 22.7 Å². The van der Waals surface area contributed by atoms with Gasteiger partial charge in [0.1, 0.15) is 23.6 Å². The van der Waals surface area contributed by atoms with Gasteiger partial charge >= 0.3 is 5.97 Å². The van der Waals surface area contributed by atoms with E-state index in [-0.39, 0.29) is 12.4 Å². The number of carbonyl (C=O) groups is 2. The fraction of sp³-hybridized carbons (Fsp3) is 0.412. The van der Waals surface area contributed by atoms with Gasteiger partial charge in [0.05, 0.1) is 10.9 Å². The van der Waals surface area contributed by atoms with Crippen LogP contribution in [-0.2, 0) is 9.53 Å². The molecule has 0 aliphatic heterocycles. The van der Waals surface area contributed by atoms with E-state index in [0.29, 0.717) is 22.7 Å². The fourth-order valence-corrected chi connectivity index (χ4v) is 2.01. The lowest BCUT2D eigenvalue weighted by atomic mass is 10.1. The number of hydrogen-bond donors (Lipinski definition) is 0. The molecule has 0 saturated carbocycles. The Morgan fingerprint density at radius 1 is 1.23 bits per heavy atom. The van der Waals surface area contributed by atoms with E-state index in [1.165, 1.54) is 6.92 Å². The van der Waals surface area contributed by atoms with Crippen molar-refractivity contribution in [2.75, 3.05) is 6.61 Å². The van der Waals surface area contributed by atoms with Crippen LogP contribution >= 0.6 is 0 Å². The second kappa shape index (κ2) is 5.83. The maximum atomic E-state index is 12.1. The second-order valence-corrected chi connectivity index (χ2v) is 6.19.